The number of nitrogens with two attached hydrogens (primary N) is 1. The van der Waals surface area contributed by atoms with E-state index in [0.717, 1.165) is 23.2 Å². The van der Waals surface area contributed by atoms with Crippen LogP contribution >= 0.6 is 11.3 Å². The fraction of sp³-hybridized carbons (Fsp3) is 0.150. The van der Waals surface area contributed by atoms with Gasteiger partial charge in [-0.1, -0.05) is 12.1 Å². The number of phenols is 1. The number of carbonyl (C=O) groups is 1. The molecule has 1 fully saturated rings. The average Bonchev–Trinajstić information content (AvgIpc) is 3.41. The first-order valence-electron chi connectivity index (χ1n) is 8.69. The summed E-state index contributed by atoms with van der Waals surface area (Å²) < 4.78 is 14.8. The standard InChI is InChI=1S/C20H17FN4O2S/c21-14-4-1-12(2-5-14)10-23-25-17(11-28-20(25)24-15-6-7-15)13-3-8-18(26)16(9-13)19(22)27/h1-5,8-11,15,26H,6-7H2,(H2,22,27)/b23-10+,24-20?. The number of amides is 1. The average molecular weight is 396 g/mol. The van der Waals surface area contributed by atoms with Crippen LogP contribution < -0.4 is 10.5 Å². The Morgan fingerprint density at radius 3 is 2.68 bits per heavy atom. The van der Waals surface area contributed by atoms with Crippen LogP contribution in [-0.2, 0) is 0 Å². The van der Waals surface area contributed by atoms with E-state index in [2.05, 4.69) is 10.1 Å². The number of thiazole rings is 1. The number of hydrogen-bond donors (Lipinski definition) is 2. The van der Waals surface area contributed by atoms with Gasteiger partial charge >= 0.3 is 0 Å². The molecule has 28 heavy (non-hydrogen) atoms. The maximum Gasteiger partial charge on any atom is 0.252 e. The Labute approximate surface area is 164 Å². The molecule has 2 aromatic carbocycles. The molecule has 1 saturated carbocycles. The number of nitrogens with zero attached hydrogens (tertiary/aromatic N) is 3. The summed E-state index contributed by atoms with van der Waals surface area (Å²) in [6.45, 7) is 0. The quantitative estimate of drug-likeness (QED) is 0.649. The molecule has 1 aliphatic carbocycles. The fourth-order valence-electron chi connectivity index (χ4n) is 2.62. The summed E-state index contributed by atoms with van der Waals surface area (Å²) >= 11 is 1.44. The van der Waals surface area contributed by atoms with Crippen molar-refractivity contribution in [3.63, 3.8) is 0 Å². The molecular weight excluding hydrogens is 379 g/mol. The topological polar surface area (TPSA) is 93.0 Å². The van der Waals surface area contributed by atoms with E-state index >= 15 is 0 Å². The zero-order valence-electron chi connectivity index (χ0n) is 14.7. The third-order valence-corrected chi connectivity index (χ3v) is 5.11. The Balaban J connectivity index is 1.80. The molecule has 0 unspecified atom stereocenters. The molecule has 1 aliphatic rings. The van der Waals surface area contributed by atoms with Crippen molar-refractivity contribution in [2.45, 2.75) is 18.9 Å². The van der Waals surface area contributed by atoms with Crippen molar-refractivity contribution in [3.8, 4) is 17.0 Å². The first-order valence-corrected chi connectivity index (χ1v) is 9.57. The molecule has 0 bridgehead atoms. The number of aromatic hydroxyl groups is 1. The number of halogens is 1. The molecule has 1 amide bonds. The van der Waals surface area contributed by atoms with Crippen LogP contribution in [0.3, 0.4) is 0 Å². The molecule has 1 aromatic heterocycles. The van der Waals surface area contributed by atoms with Crippen LogP contribution in [0, 0.1) is 5.82 Å². The number of aromatic nitrogens is 1. The van der Waals surface area contributed by atoms with E-state index in [1.165, 1.54) is 35.6 Å². The predicted octanol–water partition coefficient (Wildman–Crippen LogP) is 3.11. The van der Waals surface area contributed by atoms with E-state index in [0.29, 0.717) is 17.3 Å². The van der Waals surface area contributed by atoms with Crippen molar-refractivity contribution in [3.05, 3.63) is 69.6 Å². The molecule has 3 aromatic rings. The Morgan fingerprint density at radius 2 is 2.00 bits per heavy atom. The van der Waals surface area contributed by atoms with Gasteiger partial charge in [-0.25, -0.2) is 9.07 Å². The normalized spacial score (nSPS) is 14.7. The van der Waals surface area contributed by atoms with Gasteiger partial charge in [0.2, 0.25) is 4.80 Å². The SMILES string of the molecule is NC(=O)c1cc(-c2csc(=NC3CC3)n2/N=C/c2ccc(F)cc2)ccc1O. The lowest BCUT2D eigenvalue weighted by Gasteiger charge is -2.06. The number of primary amides is 1. The molecule has 1 heterocycles. The van der Waals surface area contributed by atoms with Gasteiger partial charge in [-0.15, -0.1) is 11.3 Å². The lowest BCUT2D eigenvalue weighted by molar-refractivity contribution is 0.0998. The summed E-state index contributed by atoms with van der Waals surface area (Å²) in [6.07, 6.45) is 3.73. The van der Waals surface area contributed by atoms with E-state index in [9.17, 15) is 14.3 Å². The van der Waals surface area contributed by atoms with Crippen LogP contribution in [0.25, 0.3) is 11.3 Å². The lowest BCUT2D eigenvalue weighted by Crippen LogP contribution is -2.14. The van der Waals surface area contributed by atoms with Crippen LogP contribution in [0.2, 0.25) is 0 Å². The summed E-state index contributed by atoms with van der Waals surface area (Å²) in [5.41, 5.74) is 7.52. The number of carbonyl (C=O) groups excluding carboxylic acids is 1. The van der Waals surface area contributed by atoms with Crippen molar-refractivity contribution < 1.29 is 14.3 Å². The van der Waals surface area contributed by atoms with Crippen molar-refractivity contribution in [1.82, 2.24) is 4.68 Å². The van der Waals surface area contributed by atoms with Gasteiger partial charge in [0.05, 0.1) is 23.5 Å². The molecule has 0 aliphatic heterocycles. The van der Waals surface area contributed by atoms with E-state index in [4.69, 9.17) is 5.73 Å². The van der Waals surface area contributed by atoms with E-state index in [1.807, 2.05) is 5.38 Å². The maximum atomic E-state index is 13.1. The number of benzene rings is 2. The summed E-state index contributed by atoms with van der Waals surface area (Å²) in [6, 6.07) is 11.0. The van der Waals surface area contributed by atoms with Gasteiger partial charge in [0.15, 0.2) is 0 Å². The molecule has 6 nitrogen and oxygen atoms in total. The highest BCUT2D eigenvalue weighted by Crippen LogP contribution is 2.27. The molecule has 0 spiro atoms. The van der Waals surface area contributed by atoms with Gasteiger partial charge < -0.3 is 10.8 Å². The molecular formula is C20H17FN4O2S. The summed E-state index contributed by atoms with van der Waals surface area (Å²) in [7, 11) is 0. The maximum absolute atomic E-state index is 13.1. The summed E-state index contributed by atoms with van der Waals surface area (Å²) in [5, 5.41) is 16.3. The number of hydrogen-bond acceptors (Lipinski definition) is 5. The van der Waals surface area contributed by atoms with Crippen LogP contribution in [0.5, 0.6) is 5.75 Å². The first kappa shape index (κ1) is 18.1. The second-order valence-electron chi connectivity index (χ2n) is 6.47. The van der Waals surface area contributed by atoms with Crippen LogP contribution in [0.15, 0.2) is 57.9 Å². The highest BCUT2D eigenvalue weighted by molar-refractivity contribution is 7.07. The Hall–Kier alpha value is -3.26. The molecule has 0 saturated heterocycles. The zero-order chi connectivity index (χ0) is 19.7. The minimum atomic E-state index is -0.709. The van der Waals surface area contributed by atoms with Gasteiger partial charge in [-0.05, 0) is 48.7 Å². The molecule has 0 radical (unpaired) electrons. The Bertz CT molecular complexity index is 1130. The van der Waals surface area contributed by atoms with Crippen LogP contribution in [0.1, 0.15) is 28.8 Å². The Morgan fingerprint density at radius 1 is 1.25 bits per heavy atom. The zero-order valence-corrected chi connectivity index (χ0v) is 15.6. The third-order valence-electron chi connectivity index (χ3n) is 4.28. The molecule has 0 atom stereocenters. The van der Waals surface area contributed by atoms with E-state index in [-0.39, 0.29) is 17.1 Å². The Kier molecular flexibility index (Phi) is 4.79. The van der Waals surface area contributed by atoms with Gasteiger partial charge in [0, 0.05) is 10.9 Å². The summed E-state index contributed by atoms with van der Waals surface area (Å²) in [5.74, 6) is -1.19. The molecule has 4 rings (SSSR count). The summed E-state index contributed by atoms with van der Waals surface area (Å²) in [4.78, 5) is 17.0. The minimum Gasteiger partial charge on any atom is -0.507 e. The molecule has 142 valence electrons. The predicted molar refractivity (Wildman–Crippen MR) is 106 cm³/mol. The van der Waals surface area contributed by atoms with Crippen molar-refractivity contribution in [2.24, 2.45) is 15.8 Å². The lowest BCUT2D eigenvalue weighted by atomic mass is 10.1. The fourth-order valence-corrected chi connectivity index (χ4v) is 3.53. The second-order valence-corrected chi connectivity index (χ2v) is 7.30. The van der Waals surface area contributed by atoms with Crippen LogP contribution in [-0.4, -0.2) is 27.9 Å². The van der Waals surface area contributed by atoms with Crippen molar-refractivity contribution in [2.75, 3.05) is 0 Å². The van der Waals surface area contributed by atoms with Crippen molar-refractivity contribution >= 4 is 23.5 Å². The third kappa shape index (κ3) is 3.86. The van der Waals surface area contributed by atoms with Gasteiger partial charge in [0.1, 0.15) is 11.6 Å². The highest BCUT2D eigenvalue weighted by Gasteiger charge is 2.21. The first-order chi connectivity index (χ1) is 13.5. The highest BCUT2D eigenvalue weighted by atomic mass is 32.1. The minimum absolute atomic E-state index is 0.0402. The molecule has 3 N–H and O–H groups in total. The van der Waals surface area contributed by atoms with Crippen LogP contribution in [0.4, 0.5) is 4.39 Å². The van der Waals surface area contributed by atoms with E-state index < -0.39 is 5.91 Å². The second kappa shape index (κ2) is 7.40. The van der Waals surface area contributed by atoms with Gasteiger partial charge in [-0.2, -0.15) is 5.10 Å². The van der Waals surface area contributed by atoms with Gasteiger partial charge in [-0.3, -0.25) is 9.79 Å². The van der Waals surface area contributed by atoms with Gasteiger partial charge in [0.25, 0.3) is 5.91 Å². The van der Waals surface area contributed by atoms with Crippen molar-refractivity contribution in [1.29, 1.82) is 0 Å². The molecule has 8 heteroatoms. The largest absolute Gasteiger partial charge is 0.507 e. The smallest absolute Gasteiger partial charge is 0.252 e. The van der Waals surface area contributed by atoms with E-state index in [1.54, 1.807) is 29.1 Å². The number of rotatable bonds is 5. The monoisotopic (exact) mass is 396 g/mol.